The Bertz CT molecular complexity index is 555. The molecular formula is C13H11N2O2S-. The van der Waals surface area contributed by atoms with Crippen molar-refractivity contribution in [2.75, 3.05) is 0 Å². The van der Waals surface area contributed by atoms with Gasteiger partial charge in [-0.3, -0.25) is 0 Å². The standard InChI is InChI=1S/C13H12N2O2S/c1-9-6-7-14-13(15-9)18-8-10-2-4-11(5-3-10)12(16)17/h2-7H,8H2,1H3,(H,16,17)/p-1. The van der Waals surface area contributed by atoms with E-state index < -0.39 is 5.97 Å². The van der Waals surface area contributed by atoms with E-state index in [0.717, 1.165) is 16.4 Å². The van der Waals surface area contributed by atoms with Gasteiger partial charge in [0.05, 0.1) is 5.97 Å². The Kier molecular flexibility index (Phi) is 3.94. The first-order chi connectivity index (χ1) is 8.65. The minimum atomic E-state index is -1.16. The van der Waals surface area contributed by atoms with Crippen LogP contribution in [0.5, 0.6) is 0 Å². The van der Waals surface area contributed by atoms with Gasteiger partial charge in [-0.2, -0.15) is 0 Å². The highest BCUT2D eigenvalue weighted by molar-refractivity contribution is 7.98. The topological polar surface area (TPSA) is 65.9 Å². The number of carbonyl (C=O) groups is 1. The molecule has 2 aromatic rings. The van der Waals surface area contributed by atoms with Crippen molar-refractivity contribution in [3.63, 3.8) is 0 Å². The lowest BCUT2D eigenvalue weighted by molar-refractivity contribution is -0.255. The molecule has 92 valence electrons. The van der Waals surface area contributed by atoms with Crippen LogP contribution in [-0.4, -0.2) is 15.9 Å². The number of carboxylic acids is 1. The molecule has 0 bridgehead atoms. The summed E-state index contributed by atoms with van der Waals surface area (Å²) in [6, 6.07) is 8.48. The smallest absolute Gasteiger partial charge is 0.188 e. The number of benzene rings is 1. The Morgan fingerprint density at radius 3 is 2.61 bits per heavy atom. The molecule has 0 aliphatic carbocycles. The van der Waals surface area contributed by atoms with Gasteiger partial charge in [-0.15, -0.1) is 0 Å². The van der Waals surface area contributed by atoms with Crippen molar-refractivity contribution in [1.29, 1.82) is 0 Å². The quantitative estimate of drug-likeness (QED) is 0.614. The number of aromatic carboxylic acids is 1. The van der Waals surface area contributed by atoms with Gasteiger partial charge in [0, 0.05) is 17.6 Å². The van der Waals surface area contributed by atoms with Crippen molar-refractivity contribution >= 4 is 17.7 Å². The van der Waals surface area contributed by atoms with Crippen LogP contribution in [-0.2, 0) is 5.75 Å². The predicted molar refractivity (Wildman–Crippen MR) is 67.1 cm³/mol. The summed E-state index contributed by atoms with van der Waals surface area (Å²) in [5.41, 5.74) is 2.14. The molecule has 0 saturated heterocycles. The number of thioether (sulfide) groups is 1. The Hall–Kier alpha value is -1.88. The molecule has 0 amide bonds. The number of carboxylic acid groups (broad SMARTS) is 1. The summed E-state index contributed by atoms with van der Waals surface area (Å²) >= 11 is 1.52. The first kappa shape index (κ1) is 12.6. The van der Waals surface area contributed by atoms with Crippen LogP contribution in [0.25, 0.3) is 0 Å². The molecule has 0 fully saturated rings. The fraction of sp³-hybridized carbons (Fsp3) is 0.154. The Morgan fingerprint density at radius 2 is 2.00 bits per heavy atom. The molecule has 18 heavy (non-hydrogen) atoms. The average Bonchev–Trinajstić information content (AvgIpc) is 2.37. The lowest BCUT2D eigenvalue weighted by atomic mass is 10.1. The third kappa shape index (κ3) is 3.30. The number of rotatable bonds is 4. The number of aromatic nitrogens is 2. The van der Waals surface area contributed by atoms with Crippen molar-refractivity contribution in [3.05, 3.63) is 53.3 Å². The largest absolute Gasteiger partial charge is 0.545 e. The van der Waals surface area contributed by atoms with Crippen molar-refractivity contribution in [1.82, 2.24) is 9.97 Å². The molecule has 1 aromatic heterocycles. The summed E-state index contributed by atoms with van der Waals surface area (Å²) in [6.45, 7) is 1.92. The number of carbonyl (C=O) groups excluding carboxylic acids is 1. The fourth-order valence-electron chi connectivity index (χ4n) is 1.38. The van der Waals surface area contributed by atoms with E-state index in [-0.39, 0.29) is 5.56 Å². The number of nitrogens with zero attached hydrogens (tertiary/aromatic N) is 2. The van der Waals surface area contributed by atoms with Crippen LogP contribution >= 0.6 is 11.8 Å². The summed E-state index contributed by atoms with van der Waals surface area (Å²) in [5, 5.41) is 11.3. The van der Waals surface area contributed by atoms with E-state index >= 15 is 0 Å². The normalized spacial score (nSPS) is 10.3. The SMILES string of the molecule is Cc1ccnc(SCc2ccc(C(=O)[O-])cc2)n1. The maximum Gasteiger partial charge on any atom is 0.188 e. The molecule has 1 aromatic carbocycles. The molecule has 0 spiro atoms. The zero-order valence-electron chi connectivity index (χ0n) is 9.79. The summed E-state index contributed by atoms with van der Waals surface area (Å²) < 4.78 is 0. The monoisotopic (exact) mass is 259 g/mol. The lowest BCUT2D eigenvalue weighted by Crippen LogP contribution is -2.21. The van der Waals surface area contributed by atoms with E-state index in [4.69, 9.17) is 0 Å². The number of hydrogen-bond acceptors (Lipinski definition) is 5. The summed E-state index contributed by atoms with van der Waals surface area (Å²) in [6.07, 6.45) is 1.73. The van der Waals surface area contributed by atoms with E-state index in [1.54, 1.807) is 30.5 Å². The second-order valence-electron chi connectivity index (χ2n) is 3.75. The molecule has 2 rings (SSSR count). The average molecular weight is 259 g/mol. The summed E-state index contributed by atoms with van der Waals surface area (Å²) in [5.74, 6) is -0.451. The molecule has 0 atom stereocenters. The molecule has 0 unspecified atom stereocenters. The van der Waals surface area contributed by atoms with Crippen LogP contribution in [0.2, 0.25) is 0 Å². The third-order valence-electron chi connectivity index (χ3n) is 2.33. The summed E-state index contributed by atoms with van der Waals surface area (Å²) in [7, 11) is 0. The van der Waals surface area contributed by atoms with Crippen LogP contribution in [0.3, 0.4) is 0 Å². The van der Waals surface area contributed by atoms with E-state index in [1.165, 1.54) is 11.8 Å². The molecule has 0 saturated carbocycles. The highest BCUT2D eigenvalue weighted by atomic mass is 32.2. The molecule has 0 N–H and O–H groups in total. The van der Waals surface area contributed by atoms with Gasteiger partial charge in [-0.05, 0) is 24.1 Å². The van der Waals surface area contributed by atoms with Gasteiger partial charge < -0.3 is 9.90 Å². The van der Waals surface area contributed by atoms with Crippen LogP contribution in [0.4, 0.5) is 0 Å². The van der Waals surface area contributed by atoms with Crippen molar-refractivity contribution < 1.29 is 9.90 Å². The molecule has 5 heteroatoms. The maximum absolute atomic E-state index is 10.6. The van der Waals surface area contributed by atoms with Gasteiger partial charge in [0.1, 0.15) is 0 Å². The van der Waals surface area contributed by atoms with E-state index in [2.05, 4.69) is 9.97 Å². The van der Waals surface area contributed by atoms with Crippen LogP contribution in [0.15, 0.2) is 41.7 Å². The lowest BCUT2D eigenvalue weighted by Gasteiger charge is -2.04. The van der Waals surface area contributed by atoms with E-state index in [9.17, 15) is 9.90 Å². The van der Waals surface area contributed by atoms with Crippen molar-refractivity contribution in [2.45, 2.75) is 17.8 Å². The van der Waals surface area contributed by atoms with Gasteiger partial charge in [0.15, 0.2) is 5.16 Å². The zero-order valence-corrected chi connectivity index (χ0v) is 10.6. The second kappa shape index (κ2) is 5.64. The molecule has 0 aliphatic heterocycles. The molecule has 0 radical (unpaired) electrons. The van der Waals surface area contributed by atoms with Crippen molar-refractivity contribution in [2.24, 2.45) is 0 Å². The zero-order chi connectivity index (χ0) is 13.0. The van der Waals surface area contributed by atoms with Gasteiger partial charge in [-0.1, -0.05) is 36.0 Å². The first-order valence-electron chi connectivity index (χ1n) is 5.38. The molecule has 1 heterocycles. The van der Waals surface area contributed by atoms with E-state index in [1.807, 2.05) is 13.0 Å². The Labute approximate surface area is 109 Å². The van der Waals surface area contributed by atoms with Crippen LogP contribution in [0.1, 0.15) is 21.6 Å². The number of hydrogen-bond donors (Lipinski definition) is 0. The van der Waals surface area contributed by atoms with E-state index in [0.29, 0.717) is 5.75 Å². The number of aryl methyl sites for hydroxylation is 1. The minimum Gasteiger partial charge on any atom is -0.545 e. The molecule has 4 nitrogen and oxygen atoms in total. The van der Waals surface area contributed by atoms with Gasteiger partial charge in [0.2, 0.25) is 0 Å². The Balaban J connectivity index is 2.00. The molecule has 0 aliphatic rings. The maximum atomic E-state index is 10.6. The van der Waals surface area contributed by atoms with Crippen molar-refractivity contribution in [3.8, 4) is 0 Å². The fourth-order valence-corrected chi connectivity index (χ4v) is 2.21. The van der Waals surface area contributed by atoms with Crippen LogP contribution in [0, 0.1) is 6.92 Å². The van der Waals surface area contributed by atoms with Gasteiger partial charge in [0.25, 0.3) is 0 Å². The van der Waals surface area contributed by atoms with Gasteiger partial charge in [-0.25, -0.2) is 9.97 Å². The molecular weight excluding hydrogens is 248 g/mol. The first-order valence-corrected chi connectivity index (χ1v) is 6.36. The summed E-state index contributed by atoms with van der Waals surface area (Å²) in [4.78, 5) is 19.0. The third-order valence-corrected chi connectivity index (χ3v) is 3.26. The minimum absolute atomic E-state index is 0.190. The predicted octanol–water partition coefficient (Wildman–Crippen LogP) is 1.44. The second-order valence-corrected chi connectivity index (χ2v) is 4.70. The van der Waals surface area contributed by atoms with Crippen LogP contribution < -0.4 is 5.11 Å². The highest BCUT2D eigenvalue weighted by Gasteiger charge is 2.00. The highest BCUT2D eigenvalue weighted by Crippen LogP contribution is 2.19. The Morgan fingerprint density at radius 1 is 1.28 bits per heavy atom. The van der Waals surface area contributed by atoms with Gasteiger partial charge >= 0.3 is 0 Å².